The molecule has 3 saturated heterocycles. The van der Waals surface area contributed by atoms with E-state index in [2.05, 4.69) is 27.4 Å². The monoisotopic (exact) mass is 454 g/mol. The van der Waals surface area contributed by atoms with Gasteiger partial charge in [0.25, 0.3) is 0 Å². The molecule has 0 aromatic carbocycles. The highest BCUT2D eigenvalue weighted by Crippen LogP contribution is 2.39. The van der Waals surface area contributed by atoms with E-state index in [1.54, 1.807) is 0 Å². The molecule has 8 heteroatoms. The van der Waals surface area contributed by atoms with Crippen LogP contribution in [0.25, 0.3) is 0 Å². The summed E-state index contributed by atoms with van der Waals surface area (Å²) in [5.41, 5.74) is 0. The van der Waals surface area contributed by atoms with Crippen molar-refractivity contribution in [3.63, 3.8) is 0 Å². The number of nitrogens with zero attached hydrogens (tertiary/aromatic N) is 2. The summed E-state index contributed by atoms with van der Waals surface area (Å²) in [5.74, 6) is 0.266. The number of hydrogen-bond acceptors (Lipinski definition) is 5. The van der Waals surface area contributed by atoms with Crippen LogP contribution in [-0.2, 0) is 9.53 Å². The number of carbonyl (C=O) groups is 1. The van der Waals surface area contributed by atoms with Gasteiger partial charge in [-0.15, -0.1) is 0 Å². The zero-order valence-corrected chi connectivity index (χ0v) is 19.4. The topological polar surface area (TPSA) is 56.8 Å². The van der Waals surface area contributed by atoms with Gasteiger partial charge in [0.15, 0.2) is 0 Å². The molecule has 0 aromatic rings. The Hall–Kier alpha value is -0.830. The number of alkyl halides is 2. The second-order valence-electron chi connectivity index (χ2n) is 11.0. The normalized spacial score (nSPS) is 46.2. The minimum atomic E-state index is -0.879. The van der Waals surface area contributed by atoms with Crippen molar-refractivity contribution >= 4 is 5.91 Å². The minimum absolute atomic E-state index is 0.0655. The number of fused-ring (bicyclic) bond motifs is 1. The Morgan fingerprint density at radius 3 is 2.56 bits per heavy atom. The number of nitrogens with one attached hydrogen (secondary N) is 2. The zero-order chi connectivity index (χ0) is 22.2. The number of carbonyl (C=O) groups excluding carboxylic acids is 1. The fourth-order valence-corrected chi connectivity index (χ4v) is 7.08. The lowest BCUT2D eigenvalue weighted by Gasteiger charge is -2.38. The zero-order valence-electron chi connectivity index (χ0n) is 19.4. The predicted molar refractivity (Wildman–Crippen MR) is 119 cm³/mol. The molecule has 32 heavy (non-hydrogen) atoms. The highest BCUT2D eigenvalue weighted by molar-refractivity contribution is 5.82. The summed E-state index contributed by atoms with van der Waals surface area (Å²) in [7, 11) is 0. The molecule has 1 amide bonds. The molecule has 6 nitrogen and oxygen atoms in total. The molecule has 3 heterocycles. The second-order valence-corrected chi connectivity index (χ2v) is 11.0. The summed E-state index contributed by atoms with van der Waals surface area (Å²) in [5, 5.41) is 6.55. The van der Waals surface area contributed by atoms with Crippen molar-refractivity contribution in [2.75, 3.05) is 39.4 Å². The van der Waals surface area contributed by atoms with Crippen molar-refractivity contribution in [2.24, 2.45) is 11.8 Å². The van der Waals surface area contributed by atoms with Crippen LogP contribution in [0.15, 0.2) is 0 Å². The summed E-state index contributed by atoms with van der Waals surface area (Å²) in [6.07, 6.45) is 3.24. The van der Waals surface area contributed by atoms with E-state index in [0.717, 1.165) is 58.7 Å². The van der Waals surface area contributed by atoms with Crippen LogP contribution in [0.4, 0.5) is 8.78 Å². The van der Waals surface area contributed by atoms with E-state index in [0.29, 0.717) is 37.6 Å². The van der Waals surface area contributed by atoms with Gasteiger partial charge in [0, 0.05) is 56.3 Å². The predicted octanol–water partition coefficient (Wildman–Crippen LogP) is 1.88. The average molecular weight is 455 g/mol. The van der Waals surface area contributed by atoms with Crippen LogP contribution >= 0.6 is 0 Å². The SMILES string of the molecule is CC1CCC(F)C2CC(C(=O)NC3CC(F)CC(N4CCC(N5CCOCC5)C4)C3)NC12. The van der Waals surface area contributed by atoms with Crippen molar-refractivity contribution in [3.05, 3.63) is 0 Å². The second kappa shape index (κ2) is 9.80. The van der Waals surface area contributed by atoms with E-state index < -0.39 is 12.3 Å². The summed E-state index contributed by atoms with van der Waals surface area (Å²) >= 11 is 0. The van der Waals surface area contributed by atoms with Crippen LogP contribution in [0.5, 0.6) is 0 Å². The Morgan fingerprint density at radius 1 is 0.969 bits per heavy atom. The maximum Gasteiger partial charge on any atom is 0.237 e. The molecular formula is C24H40F2N4O2. The third kappa shape index (κ3) is 4.84. The van der Waals surface area contributed by atoms with Crippen LogP contribution in [0.3, 0.4) is 0 Å². The van der Waals surface area contributed by atoms with Crippen molar-refractivity contribution in [1.82, 2.24) is 20.4 Å². The van der Waals surface area contributed by atoms with Crippen molar-refractivity contribution in [2.45, 2.75) is 94.4 Å². The van der Waals surface area contributed by atoms with Gasteiger partial charge in [-0.05, 0) is 50.9 Å². The molecule has 5 aliphatic rings. The van der Waals surface area contributed by atoms with Crippen LogP contribution < -0.4 is 10.6 Å². The molecule has 0 aromatic heterocycles. The van der Waals surface area contributed by atoms with Gasteiger partial charge in [-0.25, -0.2) is 8.78 Å². The number of rotatable bonds is 4. The van der Waals surface area contributed by atoms with Crippen LogP contribution in [-0.4, -0.2) is 97.7 Å². The van der Waals surface area contributed by atoms with Gasteiger partial charge in [0.2, 0.25) is 5.91 Å². The first kappa shape index (κ1) is 22.9. The fraction of sp³-hybridized carbons (Fsp3) is 0.958. The molecule has 3 aliphatic heterocycles. The molecule has 0 bridgehead atoms. The van der Waals surface area contributed by atoms with Gasteiger partial charge >= 0.3 is 0 Å². The van der Waals surface area contributed by atoms with Crippen molar-refractivity contribution in [3.8, 4) is 0 Å². The maximum atomic E-state index is 14.7. The Kier molecular flexibility index (Phi) is 7.03. The van der Waals surface area contributed by atoms with E-state index in [9.17, 15) is 13.6 Å². The Bertz CT molecular complexity index is 646. The Balaban J connectivity index is 1.14. The van der Waals surface area contributed by atoms with E-state index >= 15 is 0 Å². The summed E-state index contributed by atoms with van der Waals surface area (Å²) in [4.78, 5) is 18.0. The van der Waals surface area contributed by atoms with E-state index in [1.807, 2.05) is 0 Å². The molecule has 0 spiro atoms. The van der Waals surface area contributed by atoms with Gasteiger partial charge in [-0.2, -0.15) is 0 Å². The first-order valence-electron chi connectivity index (χ1n) is 12.9. The van der Waals surface area contributed by atoms with Gasteiger partial charge in [-0.3, -0.25) is 14.6 Å². The van der Waals surface area contributed by atoms with Crippen LogP contribution in [0.2, 0.25) is 0 Å². The first-order chi connectivity index (χ1) is 15.5. The van der Waals surface area contributed by atoms with Crippen molar-refractivity contribution in [1.29, 1.82) is 0 Å². The average Bonchev–Trinajstić information content (AvgIpc) is 3.45. The Morgan fingerprint density at radius 2 is 1.78 bits per heavy atom. The van der Waals surface area contributed by atoms with E-state index in [4.69, 9.17) is 4.74 Å². The quantitative estimate of drug-likeness (QED) is 0.680. The first-order valence-corrected chi connectivity index (χ1v) is 12.9. The molecule has 5 fully saturated rings. The number of likely N-dealkylation sites (tertiary alicyclic amines) is 1. The largest absolute Gasteiger partial charge is 0.379 e. The molecule has 0 radical (unpaired) electrons. The van der Waals surface area contributed by atoms with Gasteiger partial charge in [0.05, 0.1) is 19.3 Å². The maximum absolute atomic E-state index is 14.7. The summed E-state index contributed by atoms with van der Waals surface area (Å²) in [6, 6.07) is 0.323. The molecule has 182 valence electrons. The van der Waals surface area contributed by atoms with E-state index in [1.165, 1.54) is 0 Å². The molecule has 5 rings (SSSR count). The number of halogens is 2. The number of ether oxygens (including phenoxy) is 1. The molecule has 9 unspecified atom stereocenters. The van der Waals surface area contributed by atoms with Gasteiger partial charge in [-0.1, -0.05) is 6.92 Å². The number of hydrogen-bond donors (Lipinski definition) is 2. The molecular weight excluding hydrogens is 414 g/mol. The Labute approximate surface area is 190 Å². The fourth-order valence-electron chi connectivity index (χ4n) is 7.08. The molecule has 2 N–H and O–H groups in total. The van der Waals surface area contributed by atoms with Gasteiger partial charge < -0.3 is 15.4 Å². The lowest BCUT2D eigenvalue weighted by Crippen LogP contribution is -2.53. The standard InChI is InChI=1S/C24H40F2N4O2/c1-15-2-3-21(26)20-13-22(28-23(15)20)24(31)27-17-10-16(25)11-19(12-17)30-5-4-18(14-30)29-6-8-32-9-7-29/h15-23,28H,2-14H2,1H3,(H,27,31). The molecule has 9 atom stereocenters. The molecule has 2 saturated carbocycles. The van der Waals surface area contributed by atoms with E-state index in [-0.39, 0.29) is 36.0 Å². The highest BCUT2D eigenvalue weighted by atomic mass is 19.1. The highest BCUT2D eigenvalue weighted by Gasteiger charge is 2.47. The molecule has 2 aliphatic carbocycles. The smallest absolute Gasteiger partial charge is 0.237 e. The third-order valence-electron chi connectivity index (χ3n) is 8.90. The van der Waals surface area contributed by atoms with Crippen LogP contribution in [0, 0.1) is 11.8 Å². The third-order valence-corrected chi connectivity index (χ3v) is 8.90. The summed E-state index contributed by atoms with van der Waals surface area (Å²) in [6.45, 7) is 7.73. The number of amides is 1. The minimum Gasteiger partial charge on any atom is -0.379 e. The van der Waals surface area contributed by atoms with Crippen molar-refractivity contribution < 1.29 is 18.3 Å². The lowest BCUT2D eigenvalue weighted by atomic mass is 9.77. The lowest BCUT2D eigenvalue weighted by molar-refractivity contribution is -0.124. The van der Waals surface area contributed by atoms with Gasteiger partial charge in [0.1, 0.15) is 12.3 Å². The summed E-state index contributed by atoms with van der Waals surface area (Å²) < 4.78 is 34.6. The number of morpholine rings is 1. The van der Waals surface area contributed by atoms with Crippen LogP contribution in [0.1, 0.15) is 51.9 Å².